The van der Waals surface area contributed by atoms with E-state index in [0.717, 1.165) is 12.1 Å². The number of nitrogens with one attached hydrogen (secondary N) is 1. The molecule has 4 nitrogen and oxygen atoms in total. The van der Waals surface area contributed by atoms with Gasteiger partial charge in [0.2, 0.25) is 11.8 Å². The van der Waals surface area contributed by atoms with Crippen molar-refractivity contribution >= 4 is 0 Å². The van der Waals surface area contributed by atoms with Gasteiger partial charge in [-0.3, -0.25) is 0 Å². The van der Waals surface area contributed by atoms with Gasteiger partial charge in [-0.05, 0) is 31.3 Å². The zero-order valence-corrected chi connectivity index (χ0v) is 8.90. The molecule has 1 N–H and O–H groups in total. The molecule has 1 aromatic heterocycles. The number of likely N-dealkylation sites (N-methyl/N-ethyl adjacent to an activating group) is 1. The summed E-state index contributed by atoms with van der Waals surface area (Å²) in [5.74, 6) is 0.721. The molecule has 16 heavy (non-hydrogen) atoms. The van der Waals surface area contributed by atoms with Gasteiger partial charge in [-0.1, -0.05) is 0 Å². The highest BCUT2D eigenvalue weighted by Gasteiger charge is 2.07. The second-order valence-electron chi connectivity index (χ2n) is 3.36. The van der Waals surface area contributed by atoms with E-state index in [0.29, 0.717) is 18.2 Å². The molecule has 0 aliphatic heterocycles. The Balaban J connectivity index is 2.15. The molecule has 0 aliphatic rings. The smallest absolute Gasteiger partial charge is 0.247 e. The van der Waals surface area contributed by atoms with Gasteiger partial charge in [-0.15, -0.1) is 10.2 Å². The summed E-state index contributed by atoms with van der Waals surface area (Å²) in [5, 5.41) is 10.8. The number of hydrogen-bond donors (Lipinski definition) is 1. The molecule has 1 heterocycles. The fraction of sp³-hybridized carbons (Fsp3) is 0.273. The highest BCUT2D eigenvalue weighted by molar-refractivity contribution is 5.51. The first-order valence-electron chi connectivity index (χ1n) is 5.02. The third-order valence-electron chi connectivity index (χ3n) is 2.15. The highest BCUT2D eigenvalue weighted by Crippen LogP contribution is 2.17. The maximum absolute atomic E-state index is 12.7. The van der Waals surface area contributed by atoms with Crippen LogP contribution in [-0.4, -0.2) is 23.8 Å². The van der Waals surface area contributed by atoms with E-state index in [4.69, 9.17) is 4.42 Å². The lowest BCUT2D eigenvalue weighted by molar-refractivity contribution is 0.500. The molecule has 0 amide bonds. The number of benzene rings is 1. The summed E-state index contributed by atoms with van der Waals surface area (Å²) in [6, 6.07) is 5.97. The molecule has 0 fully saturated rings. The normalized spacial score (nSPS) is 10.6. The molecular weight excluding hydrogens is 209 g/mol. The number of aromatic nitrogens is 2. The molecule has 2 rings (SSSR count). The Morgan fingerprint density at radius 3 is 2.69 bits per heavy atom. The van der Waals surface area contributed by atoms with E-state index in [1.165, 1.54) is 12.1 Å². The van der Waals surface area contributed by atoms with E-state index in [2.05, 4.69) is 15.5 Å². The average molecular weight is 221 g/mol. The lowest BCUT2D eigenvalue weighted by Crippen LogP contribution is -2.10. The summed E-state index contributed by atoms with van der Waals surface area (Å²) in [5.41, 5.74) is 0.726. The molecular formula is C11H12FN3O. The zero-order valence-electron chi connectivity index (χ0n) is 8.90. The molecule has 0 saturated carbocycles. The van der Waals surface area contributed by atoms with E-state index >= 15 is 0 Å². The third kappa shape index (κ3) is 2.43. The van der Waals surface area contributed by atoms with Crippen molar-refractivity contribution in [3.8, 4) is 11.5 Å². The Kier molecular flexibility index (Phi) is 3.26. The standard InChI is InChI=1S/C11H12FN3O/c1-13-7-6-10-14-15-11(16-10)8-2-4-9(12)5-3-8/h2-5,13H,6-7H2,1H3. The maximum atomic E-state index is 12.7. The van der Waals surface area contributed by atoms with Crippen LogP contribution in [0.3, 0.4) is 0 Å². The summed E-state index contributed by atoms with van der Waals surface area (Å²) < 4.78 is 18.1. The van der Waals surface area contributed by atoms with Crippen LogP contribution in [0.1, 0.15) is 5.89 Å². The van der Waals surface area contributed by atoms with Crippen LogP contribution in [0.2, 0.25) is 0 Å². The average Bonchev–Trinajstić information content (AvgIpc) is 2.76. The summed E-state index contributed by atoms with van der Waals surface area (Å²) in [6.07, 6.45) is 0.685. The van der Waals surface area contributed by atoms with Crippen LogP contribution in [0.25, 0.3) is 11.5 Å². The van der Waals surface area contributed by atoms with Crippen molar-refractivity contribution in [3.63, 3.8) is 0 Å². The fourth-order valence-electron chi connectivity index (χ4n) is 1.30. The van der Waals surface area contributed by atoms with E-state index < -0.39 is 0 Å². The Labute approximate surface area is 92.5 Å². The largest absolute Gasteiger partial charge is 0.421 e. The lowest BCUT2D eigenvalue weighted by atomic mass is 10.2. The molecule has 0 radical (unpaired) electrons. The molecule has 0 spiro atoms. The van der Waals surface area contributed by atoms with Gasteiger partial charge >= 0.3 is 0 Å². The first-order chi connectivity index (χ1) is 7.79. The Hall–Kier alpha value is -1.75. The zero-order chi connectivity index (χ0) is 11.4. The summed E-state index contributed by atoms with van der Waals surface area (Å²) in [7, 11) is 1.86. The first-order valence-corrected chi connectivity index (χ1v) is 5.02. The van der Waals surface area contributed by atoms with E-state index in [9.17, 15) is 4.39 Å². The number of rotatable bonds is 4. The van der Waals surface area contributed by atoms with Gasteiger partial charge in [0.15, 0.2) is 0 Å². The van der Waals surface area contributed by atoms with Gasteiger partial charge < -0.3 is 9.73 Å². The van der Waals surface area contributed by atoms with Gasteiger partial charge in [0.05, 0.1) is 0 Å². The van der Waals surface area contributed by atoms with Gasteiger partial charge in [0.25, 0.3) is 0 Å². The van der Waals surface area contributed by atoms with E-state index in [1.54, 1.807) is 12.1 Å². The number of halogens is 1. The van der Waals surface area contributed by atoms with Gasteiger partial charge in [0, 0.05) is 18.5 Å². The number of nitrogens with zero attached hydrogens (tertiary/aromatic N) is 2. The van der Waals surface area contributed by atoms with E-state index in [-0.39, 0.29) is 5.82 Å². The van der Waals surface area contributed by atoms with Gasteiger partial charge in [-0.2, -0.15) is 0 Å². The van der Waals surface area contributed by atoms with Crippen molar-refractivity contribution in [2.45, 2.75) is 6.42 Å². The number of hydrogen-bond acceptors (Lipinski definition) is 4. The second-order valence-corrected chi connectivity index (χ2v) is 3.36. The van der Waals surface area contributed by atoms with Crippen LogP contribution in [0.5, 0.6) is 0 Å². The van der Waals surface area contributed by atoms with Crippen LogP contribution < -0.4 is 5.32 Å². The first kappa shape index (κ1) is 10.8. The van der Waals surface area contributed by atoms with Crippen LogP contribution in [0.15, 0.2) is 28.7 Å². The highest BCUT2D eigenvalue weighted by atomic mass is 19.1. The van der Waals surface area contributed by atoms with Crippen molar-refractivity contribution in [1.82, 2.24) is 15.5 Å². The predicted octanol–water partition coefficient (Wildman–Crippen LogP) is 1.64. The third-order valence-corrected chi connectivity index (χ3v) is 2.15. The minimum atomic E-state index is -0.279. The fourth-order valence-corrected chi connectivity index (χ4v) is 1.30. The molecule has 0 aliphatic carbocycles. The minimum Gasteiger partial charge on any atom is -0.421 e. The maximum Gasteiger partial charge on any atom is 0.247 e. The molecule has 0 atom stereocenters. The summed E-state index contributed by atoms with van der Waals surface area (Å²) in [4.78, 5) is 0. The van der Waals surface area contributed by atoms with Crippen molar-refractivity contribution in [1.29, 1.82) is 0 Å². The van der Waals surface area contributed by atoms with Crippen molar-refractivity contribution < 1.29 is 8.81 Å². The summed E-state index contributed by atoms with van der Waals surface area (Å²) in [6.45, 7) is 0.783. The Morgan fingerprint density at radius 2 is 2.00 bits per heavy atom. The molecule has 1 aromatic carbocycles. The minimum absolute atomic E-state index is 0.279. The van der Waals surface area contributed by atoms with E-state index in [1.807, 2.05) is 7.05 Å². The Bertz CT molecular complexity index is 453. The molecule has 84 valence electrons. The van der Waals surface area contributed by atoms with Crippen molar-refractivity contribution in [2.75, 3.05) is 13.6 Å². The second kappa shape index (κ2) is 4.85. The summed E-state index contributed by atoms with van der Waals surface area (Å²) >= 11 is 0. The van der Waals surface area contributed by atoms with Gasteiger partial charge in [-0.25, -0.2) is 4.39 Å². The lowest BCUT2D eigenvalue weighted by Gasteiger charge is -1.94. The van der Waals surface area contributed by atoms with Crippen LogP contribution in [0.4, 0.5) is 4.39 Å². The van der Waals surface area contributed by atoms with Gasteiger partial charge in [0.1, 0.15) is 5.82 Å². The topological polar surface area (TPSA) is 51.0 Å². The molecule has 5 heteroatoms. The quantitative estimate of drug-likeness (QED) is 0.852. The molecule has 2 aromatic rings. The van der Waals surface area contributed by atoms with Crippen LogP contribution in [-0.2, 0) is 6.42 Å². The van der Waals surface area contributed by atoms with Crippen LogP contribution >= 0.6 is 0 Å². The SMILES string of the molecule is CNCCc1nnc(-c2ccc(F)cc2)o1. The molecule has 0 bridgehead atoms. The molecule has 0 saturated heterocycles. The predicted molar refractivity (Wildman–Crippen MR) is 57.3 cm³/mol. The molecule has 0 unspecified atom stereocenters. The monoisotopic (exact) mass is 221 g/mol. The van der Waals surface area contributed by atoms with Crippen LogP contribution in [0, 0.1) is 5.82 Å². The Morgan fingerprint density at radius 1 is 1.25 bits per heavy atom. The van der Waals surface area contributed by atoms with Crippen molar-refractivity contribution in [2.24, 2.45) is 0 Å². The van der Waals surface area contributed by atoms with Crippen molar-refractivity contribution in [3.05, 3.63) is 36.0 Å².